The number of benzene rings is 1. The average Bonchev–Trinajstić information content (AvgIpc) is 2.61. The van der Waals surface area contributed by atoms with Crippen LogP contribution in [0.1, 0.15) is 50.3 Å². The Morgan fingerprint density at radius 2 is 1.85 bits per heavy atom. The Morgan fingerprint density at radius 1 is 1.12 bits per heavy atom. The summed E-state index contributed by atoms with van der Waals surface area (Å²) in [6, 6.07) is 9.62. The van der Waals surface area contributed by atoms with Crippen molar-refractivity contribution in [2.24, 2.45) is 5.41 Å². The number of para-hydroxylation sites is 1. The van der Waals surface area contributed by atoms with E-state index >= 15 is 0 Å². The van der Waals surface area contributed by atoms with E-state index in [9.17, 15) is 9.59 Å². The zero-order chi connectivity index (χ0) is 19.3. The van der Waals surface area contributed by atoms with E-state index in [2.05, 4.69) is 29.5 Å². The number of carbonyl (C=O) groups is 2. The van der Waals surface area contributed by atoms with Crippen molar-refractivity contribution >= 4 is 17.5 Å². The van der Waals surface area contributed by atoms with E-state index in [1.54, 1.807) is 26.2 Å². The molecule has 2 aromatic rings. The van der Waals surface area contributed by atoms with Crippen LogP contribution in [0.4, 0.5) is 5.69 Å². The molecule has 0 spiro atoms. The maximum Gasteiger partial charge on any atom is 0.239 e. The van der Waals surface area contributed by atoms with Gasteiger partial charge in [-0.25, -0.2) is 0 Å². The lowest BCUT2D eigenvalue weighted by molar-refractivity contribution is -0.138. The highest BCUT2D eigenvalue weighted by Crippen LogP contribution is 2.29. The number of rotatable bonds is 6. The Bertz CT molecular complexity index is 783. The van der Waals surface area contributed by atoms with Crippen molar-refractivity contribution in [1.29, 1.82) is 0 Å². The number of pyridine rings is 1. The van der Waals surface area contributed by atoms with E-state index in [1.807, 2.05) is 37.3 Å². The molecule has 2 N–H and O–H groups in total. The van der Waals surface area contributed by atoms with E-state index in [1.165, 1.54) is 0 Å². The van der Waals surface area contributed by atoms with Gasteiger partial charge in [0.05, 0.1) is 0 Å². The topological polar surface area (TPSA) is 71.1 Å². The van der Waals surface area contributed by atoms with E-state index in [0.29, 0.717) is 6.54 Å². The van der Waals surface area contributed by atoms with Crippen LogP contribution >= 0.6 is 0 Å². The number of amides is 2. The molecular weight excluding hydrogens is 326 g/mol. The van der Waals surface area contributed by atoms with Crippen LogP contribution in [-0.2, 0) is 16.1 Å². The summed E-state index contributed by atoms with van der Waals surface area (Å²) in [7, 11) is 0. The number of aromatic nitrogens is 1. The van der Waals surface area contributed by atoms with Gasteiger partial charge in [-0.15, -0.1) is 0 Å². The molecule has 26 heavy (non-hydrogen) atoms. The van der Waals surface area contributed by atoms with Gasteiger partial charge in [-0.05, 0) is 49.4 Å². The second-order valence-corrected chi connectivity index (χ2v) is 7.32. The molecule has 0 fully saturated rings. The smallest absolute Gasteiger partial charge is 0.239 e. The second-order valence-electron chi connectivity index (χ2n) is 7.32. The standard InChI is InChI=1S/C21H27N3O2/c1-14(2)17-10-6-8-15(3)18(17)24-20(26)21(4,5)19(25)23-13-16-9-7-11-22-12-16/h6-12,14H,13H2,1-5H3,(H,23,25)(H,24,26). The number of hydrogen-bond donors (Lipinski definition) is 2. The molecule has 0 atom stereocenters. The average molecular weight is 353 g/mol. The fourth-order valence-corrected chi connectivity index (χ4v) is 2.62. The van der Waals surface area contributed by atoms with Gasteiger partial charge in [0.15, 0.2) is 0 Å². The summed E-state index contributed by atoms with van der Waals surface area (Å²) in [5.41, 5.74) is 2.53. The summed E-state index contributed by atoms with van der Waals surface area (Å²) in [5.74, 6) is -0.372. The Kier molecular flexibility index (Phi) is 6.14. The lowest BCUT2D eigenvalue weighted by atomic mass is 9.90. The van der Waals surface area contributed by atoms with Crippen LogP contribution < -0.4 is 10.6 Å². The second kappa shape index (κ2) is 8.13. The van der Waals surface area contributed by atoms with Crippen LogP contribution in [0, 0.1) is 12.3 Å². The van der Waals surface area contributed by atoms with Gasteiger partial charge in [-0.3, -0.25) is 14.6 Å². The molecule has 0 bridgehead atoms. The van der Waals surface area contributed by atoms with Crippen molar-refractivity contribution in [2.75, 3.05) is 5.32 Å². The number of nitrogens with zero attached hydrogens (tertiary/aromatic N) is 1. The predicted octanol–water partition coefficient (Wildman–Crippen LogP) is 3.79. The number of anilines is 1. The van der Waals surface area contributed by atoms with Crippen molar-refractivity contribution in [3.05, 3.63) is 59.4 Å². The summed E-state index contributed by atoms with van der Waals surface area (Å²) >= 11 is 0. The Morgan fingerprint density at radius 3 is 2.46 bits per heavy atom. The van der Waals surface area contributed by atoms with Gasteiger partial charge in [-0.1, -0.05) is 38.1 Å². The molecule has 2 amide bonds. The van der Waals surface area contributed by atoms with Gasteiger partial charge >= 0.3 is 0 Å². The van der Waals surface area contributed by atoms with Crippen molar-refractivity contribution in [1.82, 2.24) is 10.3 Å². The first-order valence-corrected chi connectivity index (χ1v) is 8.81. The third-order valence-corrected chi connectivity index (χ3v) is 4.48. The minimum absolute atomic E-state index is 0.271. The highest BCUT2D eigenvalue weighted by molar-refractivity contribution is 6.10. The van der Waals surface area contributed by atoms with E-state index in [-0.39, 0.29) is 17.7 Å². The third kappa shape index (κ3) is 4.48. The largest absolute Gasteiger partial charge is 0.351 e. The molecule has 138 valence electrons. The first kappa shape index (κ1) is 19.6. The van der Waals surface area contributed by atoms with Gasteiger partial charge in [-0.2, -0.15) is 0 Å². The molecular formula is C21H27N3O2. The quantitative estimate of drug-likeness (QED) is 0.776. The maximum atomic E-state index is 12.8. The number of hydrogen-bond acceptors (Lipinski definition) is 3. The molecule has 0 aliphatic heterocycles. The van der Waals surface area contributed by atoms with E-state index in [4.69, 9.17) is 0 Å². The number of carbonyl (C=O) groups excluding carboxylic acids is 2. The Hall–Kier alpha value is -2.69. The number of aryl methyl sites for hydroxylation is 1. The van der Waals surface area contributed by atoms with Gasteiger partial charge in [0, 0.05) is 24.6 Å². The zero-order valence-electron chi connectivity index (χ0n) is 16.1. The van der Waals surface area contributed by atoms with Crippen molar-refractivity contribution in [2.45, 2.75) is 47.1 Å². The molecule has 0 aliphatic rings. The first-order valence-electron chi connectivity index (χ1n) is 8.81. The molecule has 1 aromatic heterocycles. The summed E-state index contributed by atoms with van der Waals surface area (Å²) in [4.78, 5) is 29.4. The molecule has 0 aliphatic carbocycles. The van der Waals surface area contributed by atoms with Crippen molar-refractivity contribution < 1.29 is 9.59 Å². The van der Waals surface area contributed by atoms with Crippen LogP contribution in [0.2, 0.25) is 0 Å². The Labute approximate surface area is 155 Å². The Balaban J connectivity index is 2.11. The minimum atomic E-state index is -1.20. The summed E-state index contributed by atoms with van der Waals surface area (Å²) in [5, 5.41) is 5.79. The SMILES string of the molecule is Cc1cccc(C(C)C)c1NC(=O)C(C)(C)C(=O)NCc1cccnc1. The molecule has 5 heteroatoms. The molecule has 1 heterocycles. The highest BCUT2D eigenvalue weighted by atomic mass is 16.2. The van der Waals surface area contributed by atoms with Gasteiger partial charge in [0.2, 0.25) is 11.8 Å². The molecule has 5 nitrogen and oxygen atoms in total. The van der Waals surface area contributed by atoms with Crippen LogP contribution in [0.15, 0.2) is 42.7 Å². The van der Waals surface area contributed by atoms with Crippen LogP contribution in [0.3, 0.4) is 0 Å². The summed E-state index contributed by atoms with van der Waals surface area (Å²) in [6.07, 6.45) is 3.37. The van der Waals surface area contributed by atoms with Gasteiger partial charge < -0.3 is 10.6 Å². The highest BCUT2D eigenvalue weighted by Gasteiger charge is 2.36. The predicted molar refractivity (Wildman–Crippen MR) is 104 cm³/mol. The fourth-order valence-electron chi connectivity index (χ4n) is 2.62. The van der Waals surface area contributed by atoms with E-state index in [0.717, 1.165) is 22.4 Å². The number of nitrogens with one attached hydrogen (secondary N) is 2. The molecule has 2 rings (SSSR count). The molecule has 0 radical (unpaired) electrons. The normalized spacial score (nSPS) is 11.3. The van der Waals surface area contributed by atoms with Crippen LogP contribution in [0.5, 0.6) is 0 Å². The summed E-state index contributed by atoms with van der Waals surface area (Å²) in [6.45, 7) is 9.72. The molecule has 1 aromatic carbocycles. The molecule has 0 saturated heterocycles. The minimum Gasteiger partial charge on any atom is -0.351 e. The molecule has 0 unspecified atom stereocenters. The molecule has 0 saturated carbocycles. The zero-order valence-corrected chi connectivity index (χ0v) is 16.1. The third-order valence-electron chi connectivity index (χ3n) is 4.48. The lowest BCUT2D eigenvalue weighted by Crippen LogP contribution is -2.45. The van der Waals surface area contributed by atoms with Gasteiger partial charge in [0.1, 0.15) is 5.41 Å². The van der Waals surface area contributed by atoms with Crippen molar-refractivity contribution in [3.63, 3.8) is 0 Å². The van der Waals surface area contributed by atoms with Crippen LogP contribution in [0.25, 0.3) is 0 Å². The van der Waals surface area contributed by atoms with Crippen LogP contribution in [-0.4, -0.2) is 16.8 Å². The fraction of sp³-hybridized carbons (Fsp3) is 0.381. The summed E-state index contributed by atoms with van der Waals surface area (Å²) < 4.78 is 0. The monoisotopic (exact) mass is 353 g/mol. The van der Waals surface area contributed by atoms with Crippen molar-refractivity contribution in [3.8, 4) is 0 Å². The van der Waals surface area contributed by atoms with E-state index < -0.39 is 5.41 Å². The lowest BCUT2D eigenvalue weighted by Gasteiger charge is -2.25. The maximum absolute atomic E-state index is 12.8. The first-order chi connectivity index (χ1) is 12.2. The van der Waals surface area contributed by atoms with Gasteiger partial charge in [0.25, 0.3) is 0 Å².